The number of sulfonamides is 1. The van der Waals surface area contributed by atoms with Crippen molar-refractivity contribution in [2.45, 2.75) is 12.7 Å². The highest BCUT2D eigenvalue weighted by atomic mass is 32.2. The molecule has 1 N–H and O–H groups in total. The summed E-state index contributed by atoms with van der Waals surface area (Å²) in [6, 6.07) is 8.41. The van der Waals surface area contributed by atoms with Crippen LogP contribution in [0.2, 0.25) is 0 Å². The molecule has 0 aliphatic carbocycles. The van der Waals surface area contributed by atoms with Crippen molar-refractivity contribution >= 4 is 15.9 Å². The van der Waals surface area contributed by atoms with Crippen LogP contribution < -0.4 is 14.2 Å². The Labute approximate surface area is 201 Å². The molecule has 4 rings (SSSR count). The van der Waals surface area contributed by atoms with Gasteiger partial charge in [-0.1, -0.05) is 6.07 Å². The molecule has 13 heteroatoms. The molecule has 1 amide bonds. The first-order chi connectivity index (χ1) is 16.8. The number of nitrogens with one attached hydrogen (secondary N) is 1. The van der Waals surface area contributed by atoms with Gasteiger partial charge in [0, 0.05) is 30.4 Å². The van der Waals surface area contributed by atoms with Gasteiger partial charge in [-0.15, -0.1) is 10.2 Å². The van der Waals surface area contributed by atoms with Crippen LogP contribution in [0.5, 0.6) is 11.5 Å². The van der Waals surface area contributed by atoms with Gasteiger partial charge in [0.25, 0.3) is 0 Å². The number of methoxy groups -OCH3 is 2. The molecule has 0 saturated heterocycles. The first-order valence-corrected chi connectivity index (χ1v) is 11.9. The zero-order chi connectivity index (χ0) is 25.0. The summed E-state index contributed by atoms with van der Waals surface area (Å²) in [7, 11) is -1.24. The van der Waals surface area contributed by atoms with Crippen molar-refractivity contribution in [1.82, 2.24) is 34.4 Å². The predicted molar refractivity (Wildman–Crippen MR) is 125 cm³/mol. The SMILES string of the molecule is COc1cccc(OC)c1-n1c(C(=O)NS(=O)(=O)Cc2ncccn2)nnc1-c1cncc(C)c1. The van der Waals surface area contributed by atoms with Crippen LogP contribution in [0, 0.1) is 6.92 Å². The second-order valence-electron chi connectivity index (χ2n) is 7.30. The van der Waals surface area contributed by atoms with Crippen LogP contribution >= 0.6 is 0 Å². The summed E-state index contributed by atoms with van der Waals surface area (Å²) in [5, 5.41) is 8.18. The molecule has 0 aliphatic rings. The average Bonchev–Trinajstić information content (AvgIpc) is 3.28. The van der Waals surface area contributed by atoms with E-state index in [9.17, 15) is 13.2 Å². The van der Waals surface area contributed by atoms with Crippen LogP contribution in [0.4, 0.5) is 0 Å². The van der Waals surface area contributed by atoms with Crippen LogP contribution in [0.15, 0.2) is 55.1 Å². The molecular weight excluding hydrogens is 474 g/mol. The van der Waals surface area contributed by atoms with Gasteiger partial charge < -0.3 is 9.47 Å². The number of carbonyl (C=O) groups excluding carboxylic acids is 1. The number of nitrogens with zero attached hydrogens (tertiary/aromatic N) is 6. The van der Waals surface area contributed by atoms with Gasteiger partial charge in [0.1, 0.15) is 28.8 Å². The smallest absolute Gasteiger partial charge is 0.303 e. The minimum Gasteiger partial charge on any atom is -0.494 e. The lowest BCUT2D eigenvalue weighted by atomic mass is 10.2. The first-order valence-electron chi connectivity index (χ1n) is 10.2. The highest BCUT2D eigenvalue weighted by Gasteiger charge is 2.28. The molecule has 0 aliphatic heterocycles. The third kappa shape index (κ3) is 5.09. The third-order valence-electron chi connectivity index (χ3n) is 4.81. The van der Waals surface area contributed by atoms with E-state index in [2.05, 4.69) is 25.1 Å². The molecule has 35 heavy (non-hydrogen) atoms. The molecule has 0 bridgehead atoms. The lowest BCUT2D eigenvalue weighted by Crippen LogP contribution is -2.34. The Hall–Kier alpha value is -4.39. The fraction of sp³-hybridized carbons (Fsp3) is 0.182. The molecule has 3 heterocycles. The Bertz CT molecular complexity index is 1450. The van der Waals surface area contributed by atoms with Crippen molar-refractivity contribution in [2.75, 3.05) is 14.2 Å². The van der Waals surface area contributed by atoms with Crippen LogP contribution in [-0.4, -0.2) is 58.3 Å². The van der Waals surface area contributed by atoms with Gasteiger partial charge in [-0.2, -0.15) is 0 Å². The van der Waals surface area contributed by atoms with Gasteiger partial charge >= 0.3 is 5.91 Å². The van der Waals surface area contributed by atoms with E-state index in [1.165, 1.54) is 31.2 Å². The van der Waals surface area contributed by atoms with Crippen molar-refractivity contribution in [2.24, 2.45) is 0 Å². The Morgan fingerprint density at radius 3 is 2.34 bits per heavy atom. The maximum atomic E-state index is 13.2. The van der Waals surface area contributed by atoms with E-state index < -0.39 is 21.7 Å². The standard InChI is InChI=1S/C22H21N7O5S/c1-14-10-15(12-23-11-14)20-26-27-21(29(20)19-16(33-2)6-4-7-17(19)34-3)22(30)28-35(31,32)13-18-24-8-5-9-25-18/h4-12H,13H2,1-3H3,(H,28,30). The Balaban J connectivity index is 1.84. The van der Waals surface area contributed by atoms with Gasteiger partial charge in [-0.3, -0.25) is 14.3 Å². The number of rotatable bonds is 8. The summed E-state index contributed by atoms with van der Waals surface area (Å²) < 4.78 is 39.7. The van der Waals surface area contributed by atoms with Gasteiger partial charge in [0.15, 0.2) is 5.82 Å². The summed E-state index contributed by atoms with van der Waals surface area (Å²) in [6.07, 6.45) is 6.04. The Morgan fingerprint density at radius 2 is 1.71 bits per heavy atom. The van der Waals surface area contributed by atoms with Crippen LogP contribution in [0.25, 0.3) is 17.1 Å². The van der Waals surface area contributed by atoms with Crippen LogP contribution in [0.3, 0.4) is 0 Å². The first kappa shape index (κ1) is 23.8. The number of amides is 1. The topological polar surface area (TPSA) is 151 Å². The number of hydrogen-bond donors (Lipinski definition) is 1. The second kappa shape index (κ2) is 9.85. The van der Waals surface area contributed by atoms with E-state index in [-0.39, 0.29) is 17.5 Å². The summed E-state index contributed by atoms with van der Waals surface area (Å²) in [5.41, 5.74) is 1.71. The van der Waals surface area contributed by atoms with E-state index in [0.29, 0.717) is 22.7 Å². The van der Waals surface area contributed by atoms with Crippen LogP contribution in [0.1, 0.15) is 22.0 Å². The van der Waals surface area contributed by atoms with E-state index in [4.69, 9.17) is 9.47 Å². The fourth-order valence-corrected chi connectivity index (χ4v) is 4.29. The summed E-state index contributed by atoms with van der Waals surface area (Å²) in [6.45, 7) is 1.85. The Kier molecular flexibility index (Phi) is 6.68. The number of benzene rings is 1. The van der Waals surface area contributed by atoms with E-state index in [1.54, 1.807) is 42.7 Å². The molecule has 12 nitrogen and oxygen atoms in total. The normalized spacial score (nSPS) is 11.2. The molecule has 0 atom stereocenters. The van der Waals surface area contributed by atoms with Crippen LogP contribution in [-0.2, 0) is 15.8 Å². The lowest BCUT2D eigenvalue weighted by molar-refractivity contribution is 0.0969. The zero-order valence-corrected chi connectivity index (χ0v) is 19.9. The van der Waals surface area contributed by atoms with Crippen molar-refractivity contribution in [3.63, 3.8) is 0 Å². The monoisotopic (exact) mass is 495 g/mol. The molecule has 0 saturated carbocycles. The number of ether oxygens (including phenoxy) is 2. The summed E-state index contributed by atoms with van der Waals surface area (Å²) in [5.74, 6) is -0.943. The number of aromatic nitrogens is 6. The predicted octanol–water partition coefficient (Wildman–Crippen LogP) is 1.70. The molecule has 0 spiro atoms. The minimum atomic E-state index is -4.15. The molecule has 1 aromatic carbocycles. The number of pyridine rings is 1. The highest BCUT2D eigenvalue weighted by molar-refractivity contribution is 7.89. The van der Waals surface area contributed by atoms with Crippen molar-refractivity contribution < 1.29 is 22.7 Å². The van der Waals surface area contributed by atoms with Crippen molar-refractivity contribution in [1.29, 1.82) is 0 Å². The molecule has 0 radical (unpaired) electrons. The highest BCUT2D eigenvalue weighted by Crippen LogP contribution is 2.36. The summed E-state index contributed by atoms with van der Waals surface area (Å²) in [4.78, 5) is 25.2. The quantitative estimate of drug-likeness (QED) is 0.382. The van der Waals surface area contributed by atoms with E-state index >= 15 is 0 Å². The van der Waals surface area contributed by atoms with Gasteiger partial charge in [0.05, 0.1) is 14.2 Å². The largest absolute Gasteiger partial charge is 0.494 e. The molecule has 3 aromatic heterocycles. The number of carbonyl (C=O) groups is 1. The van der Waals surface area contributed by atoms with Gasteiger partial charge in [-0.25, -0.2) is 23.1 Å². The number of aryl methyl sites for hydroxylation is 1. The molecule has 0 unspecified atom stereocenters. The maximum Gasteiger partial charge on any atom is 0.303 e. The lowest BCUT2D eigenvalue weighted by Gasteiger charge is -2.17. The molecular formula is C22H21N7O5S. The average molecular weight is 496 g/mol. The third-order valence-corrected chi connectivity index (χ3v) is 5.95. The van der Waals surface area contributed by atoms with Gasteiger partial charge in [-0.05, 0) is 36.8 Å². The Morgan fingerprint density at radius 1 is 1.03 bits per heavy atom. The van der Waals surface area contributed by atoms with Gasteiger partial charge in [0.2, 0.25) is 15.8 Å². The van der Waals surface area contributed by atoms with E-state index in [1.807, 2.05) is 11.6 Å². The van der Waals surface area contributed by atoms with E-state index in [0.717, 1.165) is 5.56 Å². The summed E-state index contributed by atoms with van der Waals surface area (Å²) >= 11 is 0. The molecule has 4 aromatic rings. The molecule has 0 fully saturated rings. The second-order valence-corrected chi connectivity index (χ2v) is 9.02. The fourth-order valence-electron chi connectivity index (χ4n) is 3.36. The van der Waals surface area contributed by atoms with Crippen molar-refractivity contribution in [3.05, 3.63) is 72.3 Å². The minimum absolute atomic E-state index is 0.0344. The number of para-hydroxylation sites is 1. The number of hydrogen-bond acceptors (Lipinski definition) is 10. The van der Waals surface area contributed by atoms with Crippen molar-refractivity contribution in [3.8, 4) is 28.6 Å². The molecule has 180 valence electrons. The zero-order valence-electron chi connectivity index (χ0n) is 19.0. The maximum absolute atomic E-state index is 13.2.